The van der Waals surface area contributed by atoms with Crippen molar-refractivity contribution in [3.8, 4) is 6.07 Å². The van der Waals surface area contributed by atoms with Crippen molar-refractivity contribution in [1.29, 1.82) is 5.26 Å². The second kappa shape index (κ2) is 8.43. The first-order chi connectivity index (χ1) is 12.7. The fourth-order valence-electron chi connectivity index (χ4n) is 2.82. The molecule has 1 aromatic carbocycles. The first kappa shape index (κ1) is 20.8. The van der Waals surface area contributed by atoms with E-state index in [1.807, 2.05) is 0 Å². The van der Waals surface area contributed by atoms with Crippen LogP contribution >= 0.6 is 0 Å². The largest absolute Gasteiger partial charge is 0.452 e. The highest BCUT2D eigenvalue weighted by molar-refractivity contribution is 7.91. The summed E-state index contributed by atoms with van der Waals surface area (Å²) in [5.41, 5.74) is -1.05. The molecule has 7 nitrogen and oxygen atoms in total. The normalized spacial score (nSPS) is 16.4. The quantitative estimate of drug-likeness (QED) is 0.732. The number of esters is 1. The van der Waals surface area contributed by atoms with Gasteiger partial charge in [-0.25, -0.2) is 13.2 Å². The van der Waals surface area contributed by atoms with Crippen molar-refractivity contribution in [2.24, 2.45) is 0 Å². The average Bonchev–Trinajstić information content (AvgIpc) is 2.66. The van der Waals surface area contributed by atoms with Gasteiger partial charge >= 0.3 is 11.7 Å². The summed E-state index contributed by atoms with van der Waals surface area (Å²) in [6.07, 6.45) is 3.70. The fraction of sp³-hybridized carbons (Fsp3) is 0.471. The molecule has 0 aromatic heterocycles. The van der Waals surface area contributed by atoms with Crippen LogP contribution in [0.3, 0.4) is 0 Å². The number of amides is 1. The Morgan fingerprint density at radius 2 is 1.78 bits per heavy atom. The molecule has 27 heavy (non-hydrogen) atoms. The molecule has 0 radical (unpaired) electrons. The molecular formula is C17H18F2N2O5S. The number of sulfone groups is 1. The second-order valence-electron chi connectivity index (χ2n) is 6.21. The SMILES string of the molecule is N#CC1(NC(=O)COC(=O)c2ccc(S(=O)(=O)C(F)F)cc2)CCCCC1. The zero-order valence-corrected chi connectivity index (χ0v) is 15.1. The Balaban J connectivity index is 1.94. The summed E-state index contributed by atoms with van der Waals surface area (Å²) in [4.78, 5) is 23.3. The van der Waals surface area contributed by atoms with Crippen LogP contribution in [-0.4, -0.2) is 38.2 Å². The fourth-order valence-corrected chi connectivity index (χ4v) is 3.54. The Morgan fingerprint density at radius 3 is 2.30 bits per heavy atom. The van der Waals surface area contributed by atoms with Gasteiger partial charge in [0.2, 0.25) is 9.84 Å². The highest BCUT2D eigenvalue weighted by atomic mass is 32.2. The third kappa shape index (κ3) is 5.01. The minimum Gasteiger partial charge on any atom is -0.452 e. The van der Waals surface area contributed by atoms with Crippen LogP contribution in [0.4, 0.5) is 8.78 Å². The standard InChI is InChI=1S/C17H18F2N2O5S/c18-16(19)27(24,25)13-6-4-12(5-7-13)15(23)26-10-14(22)21-17(11-20)8-2-1-3-9-17/h4-7,16H,1-3,8-10H2,(H,21,22). The highest BCUT2D eigenvalue weighted by Gasteiger charge is 2.33. The lowest BCUT2D eigenvalue weighted by Gasteiger charge is -2.31. The van der Waals surface area contributed by atoms with Crippen molar-refractivity contribution >= 4 is 21.7 Å². The third-order valence-corrected chi connectivity index (χ3v) is 5.69. The molecule has 0 saturated heterocycles. The number of nitriles is 1. The van der Waals surface area contributed by atoms with Gasteiger partial charge in [-0.1, -0.05) is 19.3 Å². The van der Waals surface area contributed by atoms with E-state index in [-0.39, 0.29) is 5.56 Å². The maximum Gasteiger partial charge on any atom is 0.341 e. The van der Waals surface area contributed by atoms with Crippen molar-refractivity contribution in [2.45, 2.75) is 48.3 Å². The van der Waals surface area contributed by atoms with Crippen molar-refractivity contribution in [1.82, 2.24) is 5.32 Å². The van der Waals surface area contributed by atoms with E-state index in [0.29, 0.717) is 12.8 Å². The van der Waals surface area contributed by atoms with Gasteiger partial charge in [-0.05, 0) is 37.1 Å². The Hall–Kier alpha value is -2.54. The van der Waals surface area contributed by atoms with Crippen LogP contribution in [0.5, 0.6) is 0 Å². The predicted octanol–water partition coefficient (Wildman–Crippen LogP) is 2.18. The lowest BCUT2D eigenvalue weighted by atomic mass is 9.83. The molecule has 1 aliphatic rings. The number of benzene rings is 1. The molecule has 1 amide bonds. The van der Waals surface area contributed by atoms with Crippen molar-refractivity contribution in [3.05, 3.63) is 29.8 Å². The lowest BCUT2D eigenvalue weighted by molar-refractivity contribution is -0.125. The molecule has 1 fully saturated rings. The van der Waals surface area contributed by atoms with E-state index in [9.17, 15) is 32.0 Å². The van der Waals surface area contributed by atoms with Crippen molar-refractivity contribution in [3.63, 3.8) is 0 Å². The molecule has 1 N–H and O–H groups in total. The summed E-state index contributed by atoms with van der Waals surface area (Å²) >= 11 is 0. The minimum absolute atomic E-state index is 0.0938. The molecule has 0 atom stereocenters. The van der Waals surface area contributed by atoms with Gasteiger partial charge in [0.25, 0.3) is 5.91 Å². The summed E-state index contributed by atoms with van der Waals surface area (Å²) in [6.45, 7) is -0.612. The van der Waals surface area contributed by atoms with Crippen LogP contribution in [0.1, 0.15) is 42.5 Å². The monoisotopic (exact) mass is 400 g/mol. The van der Waals surface area contributed by atoms with Crippen molar-refractivity contribution < 1.29 is 31.5 Å². The summed E-state index contributed by atoms with van der Waals surface area (Å²) in [5, 5.41) is 11.9. The third-order valence-electron chi connectivity index (χ3n) is 4.29. The molecule has 0 bridgehead atoms. The molecule has 146 valence electrons. The second-order valence-corrected chi connectivity index (χ2v) is 8.13. The molecule has 0 aliphatic heterocycles. The number of hydrogen-bond donors (Lipinski definition) is 1. The number of hydrogen-bond acceptors (Lipinski definition) is 6. The summed E-state index contributed by atoms with van der Waals surface area (Å²) < 4.78 is 52.4. The Bertz CT molecular complexity index is 841. The average molecular weight is 400 g/mol. The lowest BCUT2D eigenvalue weighted by Crippen LogP contribution is -2.50. The summed E-state index contributed by atoms with van der Waals surface area (Å²) in [6, 6.07) is 5.88. The van der Waals surface area contributed by atoms with E-state index in [4.69, 9.17) is 4.74 Å². The minimum atomic E-state index is -4.75. The Morgan fingerprint density at radius 1 is 1.19 bits per heavy atom. The molecule has 10 heteroatoms. The van der Waals surface area contributed by atoms with Gasteiger partial charge in [-0.15, -0.1) is 0 Å². The van der Waals surface area contributed by atoms with Crippen LogP contribution in [-0.2, 0) is 19.4 Å². The number of alkyl halides is 2. The number of nitrogens with zero attached hydrogens (tertiary/aromatic N) is 1. The van der Waals surface area contributed by atoms with E-state index in [1.54, 1.807) is 0 Å². The van der Waals surface area contributed by atoms with Gasteiger partial charge in [0, 0.05) is 0 Å². The number of ether oxygens (including phenoxy) is 1. The van der Waals surface area contributed by atoms with Crippen LogP contribution < -0.4 is 5.32 Å². The maximum absolute atomic E-state index is 12.5. The van der Waals surface area contributed by atoms with Gasteiger partial charge < -0.3 is 10.1 Å². The van der Waals surface area contributed by atoms with E-state index >= 15 is 0 Å². The molecule has 2 rings (SSSR count). The topological polar surface area (TPSA) is 113 Å². The van der Waals surface area contributed by atoms with Crippen LogP contribution in [0, 0.1) is 11.3 Å². The molecule has 0 spiro atoms. The van der Waals surface area contributed by atoms with Crippen LogP contribution in [0.2, 0.25) is 0 Å². The molecule has 1 saturated carbocycles. The van der Waals surface area contributed by atoms with Gasteiger partial charge in [0.1, 0.15) is 5.54 Å². The van der Waals surface area contributed by atoms with E-state index in [0.717, 1.165) is 43.5 Å². The number of carbonyl (C=O) groups excluding carboxylic acids is 2. The smallest absolute Gasteiger partial charge is 0.341 e. The first-order valence-electron chi connectivity index (χ1n) is 8.22. The zero-order valence-electron chi connectivity index (χ0n) is 14.3. The predicted molar refractivity (Wildman–Crippen MR) is 89.5 cm³/mol. The molecule has 1 aliphatic carbocycles. The van der Waals surface area contributed by atoms with E-state index in [1.165, 1.54) is 0 Å². The number of nitrogens with one attached hydrogen (secondary N) is 1. The Kier molecular flexibility index (Phi) is 6.49. The number of rotatable bonds is 6. The zero-order chi connectivity index (χ0) is 20.1. The van der Waals surface area contributed by atoms with Gasteiger partial charge in [-0.3, -0.25) is 4.79 Å². The van der Waals surface area contributed by atoms with Crippen molar-refractivity contribution in [2.75, 3.05) is 6.61 Å². The van der Waals surface area contributed by atoms with Gasteiger partial charge in [0.15, 0.2) is 6.61 Å². The first-order valence-corrected chi connectivity index (χ1v) is 9.76. The van der Waals surface area contributed by atoms with E-state index in [2.05, 4.69) is 11.4 Å². The number of carbonyl (C=O) groups is 2. The van der Waals surface area contributed by atoms with Gasteiger partial charge in [0.05, 0.1) is 16.5 Å². The molecule has 0 unspecified atom stereocenters. The Labute approximate surface area is 155 Å². The van der Waals surface area contributed by atoms with Crippen LogP contribution in [0.15, 0.2) is 29.2 Å². The molecule has 1 aromatic rings. The summed E-state index contributed by atoms with van der Waals surface area (Å²) in [7, 11) is -4.75. The molecule has 0 heterocycles. The van der Waals surface area contributed by atoms with E-state index < -0.39 is 44.5 Å². The number of halogens is 2. The highest BCUT2D eigenvalue weighted by Crippen LogP contribution is 2.27. The van der Waals surface area contributed by atoms with Gasteiger partial charge in [-0.2, -0.15) is 14.0 Å². The maximum atomic E-state index is 12.5. The summed E-state index contributed by atoms with van der Waals surface area (Å²) in [5.74, 6) is -5.10. The van der Waals surface area contributed by atoms with Crippen LogP contribution in [0.25, 0.3) is 0 Å². The molecular weight excluding hydrogens is 382 g/mol.